The van der Waals surface area contributed by atoms with Gasteiger partial charge in [-0.3, -0.25) is 0 Å². The van der Waals surface area contributed by atoms with Gasteiger partial charge in [0.25, 0.3) is 0 Å². The van der Waals surface area contributed by atoms with Crippen LogP contribution < -0.4 is 5.32 Å². The Kier molecular flexibility index (Phi) is 4.46. The van der Waals surface area contributed by atoms with E-state index < -0.39 is 0 Å². The van der Waals surface area contributed by atoms with Gasteiger partial charge in [0.05, 0.1) is 0 Å². The van der Waals surface area contributed by atoms with Gasteiger partial charge in [-0.1, -0.05) is 0 Å². The van der Waals surface area contributed by atoms with Crippen molar-refractivity contribution in [3.8, 4) is 0 Å². The van der Waals surface area contributed by atoms with Crippen LogP contribution in [0.2, 0.25) is 0 Å². The minimum Gasteiger partial charge on any atom is -0.466 e. The van der Waals surface area contributed by atoms with Crippen LogP contribution in [0.4, 0.5) is 0 Å². The normalized spacial score (nSPS) is 20.2. The van der Waals surface area contributed by atoms with Crippen LogP contribution in [0.3, 0.4) is 0 Å². The monoisotopic (exact) mass is 250 g/mol. The van der Waals surface area contributed by atoms with Crippen molar-refractivity contribution in [3.63, 3.8) is 0 Å². The molecule has 2 heterocycles. The number of likely N-dealkylation sites (tertiary alicyclic amines) is 1. The lowest BCUT2D eigenvalue weighted by molar-refractivity contribution is 0.288. The van der Waals surface area contributed by atoms with Crippen LogP contribution in [0.5, 0.6) is 0 Å². The molecule has 102 valence electrons. The molecule has 1 saturated heterocycles. The third kappa shape index (κ3) is 3.36. The highest BCUT2D eigenvalue weighted by Crippen LogP contribution is 2.21. The lowest BCUT2D eigenvalue weighted by atomic mass is 10.1. The van der Waals surface area contributed by atoms with Gasteiger partial charge in [0, 0.05) is 24.2 Å². The molecule has 2 atom stereocenters. The number of hydrogen-bond acceptors (Lipinski definition) is 3. The molecule has 1 aromatic heterocycles. The lowest BCUT2D eigenvalue weighted by Gasteiger charge is -2.24. The van der Waals surface area contributed by atoms with Crippen molar-refractivity contribution < 1.29 is 4.42 Å². The number of nitrogens with one attached hydrogen (secondary N) is 1. The van der Waals surface area contributed by atoms with Gasteiger partial charge in [0.2, 0.25) is 0 Å². The molecular formula is C15H26N2O. The zero-order valence-corrected chi connectivity index (χ0v) is 12.1. The fourth-order valence-corrected chi connectivity index (χ4v) is 3.00. The van der Waals surface area contributed by atoms with E-state index in [9.17, 15) is 0 Å². The second kappa shape index (κ2) is 5.89. The van der Waals surface area contributed by atoms with Crippen molar-refractivity contribution in [2.75, 3.05) is 19.6 Å². The van der Waals surface area contributed by atoms with Crippen LogP contribution in [0.1, 0.15) is 49.8 Å². The zero-order chi connectivity index (χ0) is 13.1. The summed E-state index contributed by atoms with van der Waals surface area (Å²) in [6.07, 6.45) is 2.73. The molecule has 0 aliphatic carbocycles. The maximum absolute atomic E-state index is 5.60. The van der Waals surface area contributed by atoms with Crippen molar-refractivity contribution in [2.45, 2.75) is 52.6 Å². The first-order valence-electron chi connectivity index (χ1n) is 7.11. The SMILES string of the molecule is Cc1cc(C(C)NC(C)CN2CCCC2)c(C)o1. The van der Waals surface area contributed by atoms with E-state index in [1.807, 2.05) is 13.8 Å². The topological polar surface area (TPSA) is 28.4 Å². The summed E-state index contributed by atoms with van der Waals surface area (Å²) in [5.41, 5.74) is 1.29. The van der Waals surface area contributed by atoms with Crippen molar-refractivity contribution in [3.05, 3.63) is 23.2 Å². The Balaban J connectivity index is 1.86. The Labute approximate surface area is 111 Å². The molecule has 0 amide bonds. The van der Waals surface area contributed by atoms with E-state index in [2.05, 4.69) is 30.1 Å². The Bertz CT molecular complexity index is 380. The Morgan fingerprint density at radius 1 is 1.28 bits per heavy atom. The van der Waals surface area contributed by atoms with Crippen LogP contribution in [0.15, 0.2) is 10.5 Å². The van der Waals surface area contributed by atoms with Crippen molar-refractivity contribution >= 4 is 0 Å². The predicted molar refractivity (Wildman–Crippen MR) is 74.9 cm³/mol. The quantitative estimate of drug-likeness (QED) is 0.870. The Morgan fingerprint density at radius 3 is 2.50 bits per heavy atom. The maximum Gasteiger partial charge on any atom is 0.105 e. The summed E-state index contributed by atoms with van der Waals surface area (Å²) in [6, 6.07) is 3.03. The number of furan rings is 1. The largest absolute Gasteiger partial charge is 0.466 e. The molecular weight excluding hydrogens is 224 g/mol. The summed E-state index contributed by atoms with van der Waals surface area (Å²) in [6.45, 7) is 12.2. The number of nitrogens with zero attached hydrogens (tertiary/aromatic N) is 1. The van der Waals surface area contributed by atoms with Gasteiger partial charge in [-0.25, -0.2) is 0 Å². The highest BCUT2D eigenvalue weighted by Gasteiger charge is 2.18. The van der Waals surface area contributed by atoms with Crippen molar-refractivity contribution in [2.24, 2.45) is 0 Å². The van der Waals surface area contributed by atoms with Crippen LogP contribution >= 0.6 is 0 Å². The molecule has 3 nitrogen and oxygen atoms in total. The summed E-state index contributed by atoms with van der Waals surface area (Å²) in [5, 5.41) is 3.68. The average Bonchev–Trinajstić information content (AvgIpc) is 2.88. The highest BCUT2D eigenvalue weighted by atomic mass is 16.3. The molecule has 1 aliphatic heterocycles. The molecule has 3 heteroatoms. The van der Waals surface area contributed by atoms with E-state index in [1.165, 1.54) is 31.5 Å². The summed E-state index contributed by atoms with van der Waals surface area (Å²) in [7, 11) is 0. The van der Waals surface area contributed by atoms with Crippen LogP contribution in [0.25, 0.3) is 0 Å². The van der Waals surface area contributed by atoms with Gasteiger partial charge in [0.15, 0.2) is 0 Å². The zero-order valence-electron chi connectivity index (χ0n) is 12.1. The van der Waals surface area contributed by atoms with E-state index in [1.54, 1.807) is 0 Å². The van der Waals surface area contributed by atoms with Crippen molar-refractivity contribution in [1.29, 1.82) is 0 Å². The molecule has 0 saturated carbocycles. The summed E-state index contributed by atoms with van der Waals surface area (Å²) < 4.78 is 5.60. The second-order valence-corrected chi connectivity index (χ2v) is 5.67. The number of aryl methyl sites for hydroxylation is 2. The molecule has 2 rings (SSSR count). The van der Waals surface area contributed by atoms with E-state index in [-0.39, 0.29) is 0 Å². The third-order valence-corrected chi connectivity index (χ3v) is 3.81. The molecule has 0 bridgehead atoms. The van der Waals surface area contributed by atoms with E-state index in [0.717, 1.165) is 18.1 Å². The first-order chi connectivity index (χ1) is 8.56. The minimum atomic E-state index is 0.361. The molecule has 0 aromatic carbocycles. The predicted octanol–water partition coefficient (Wildman–Crippen LogP) is 3.03. The molecule has 18 heavy (non-hydrogen) atoms. The first-order valence-corrected chi connectivity index (χ1v) is 7.11. The fraction of sp³-hybridized carbons (Fsp3) is 0.733. The third-order valence-electron chi connectivity index (χ3n) is 3.81. The summed E-state index contributed by atoms with van der Waals surface area (Å²) in [4.78, 5) is 2.55. The maximum atomic E-state index is 5.60. The number of rotatable bonds is 5. The van der Waals surface area contributed by atoms with Crippen LogP contribution in [0, 0.1) is 13.8 Å². The van der Waals surface area contributed by atoms with Gasteiger partial charge in [-0.2, -0.15) is 0 Å². The molecule has 1 aliphatic rings. The summed E-state index contributed by atoms with van der Waals surface area (Å²) in [5.74, 6) is 2.05. The van der Waals surface area contributed by atoms with E-state index >= 15 is 0 Å². The van der Waals surface area contributed by atoms with Crippen LogP contribution in [-0.2, 0) is 0 Å². The highest BCUT2D eigenvalue weighted by molar-refractivity contribution is 5.23. The fourth-order valence-electron chi connectivity index (χ4n) is 3.00. The molecule has 1 fully saturated rings. The second-order valence-electron chi connectivity index (χ2n) is 5.67. The van der Waals surface area contributed by atoms with Gasteiger partial charge in [0.1, 0.15) is 11.5 Å². The van der Waals surface area contributed by atoms with Crippen LogP contribution in [-0.4, -0.2) is 30.6 Å². The molecule has 2 unspecified atom stereocenters. The molecule has 1 N–H and O–H groups in total. The Hall–Kier alpha value is -0.800. The molecule has 1 aromatic rings. The van der Waals surface area contributed by atoms with Gasteiger partial charge >= 0.3 is 0 Å². The number of hydrogen-bond donors (Lipinski definition) is 1. The van der Waals surface area contributed by atoms with Gasteiger partial charge in [-0.15, -0.1) is 0 Å². The minimum absolute atomic E-state index is 0.361. The Morgan fingerprint density at radius 2 is 1.94 bits per heavy atom. The van der Waals surface area contributed by atoms with Gasteiger partial charge < -0.3 is 14.6 Å². The van der Waals surface area contributed by atoms with Crippen molar-refractivity contribution in [1.82, 2.24) is 10.2 Å². The molecule has 0 spiro atoms. The summed E-state index contributed by atoms with van der Waals surface area (Å²) >= 11 is 0. The van der Waals surface area contributed by atoms with E-state index in [0.29, 0.717) is 12.1 Å². The van der Waals surface area contributed by atoms with Gasteiger partial charge in [-0.05, 0) is 59.7 Å². The smallest absolute Gasteiger partial charge is 0.105 e. The molecule has 0 radical (unpaired) electrons. The first kappa shape index (κ1) is 13.6. The van der Waals surface area contributed by atoms with E-state index in [4.69, 9.17) is 4.42 Å². The average molecular weight is 250 g/mol. The standard InChI is InChI=1S/C15H26N2O/c1-11(10-17-7-5-6-8-17)16-13(3)15-9-12(2)18-14(15)4/h9,11,13,16H,5-8,10H2,1-4H3. The lowest BCUT2D eigenvalue weighted by Crippen LogP contribution is -2.39.